The highest BCUT2D eigenvalue weighted by atomic mass is 19.4. The zero-order valence-electron chi connectivity index (χ0n) is 16.7. The van der Waals surface area contributed by atoms with Crippen LogP contribution in [0.4, 0.5) is 13.2 Å². The fourth-order valence-electron chi connectivity index (χ4n) is 2.29. The van der Waals surface area contributed by atoms with Gasteiger partial charge >= 0.3 is 6.18 Å². The molecule has 0 atom stereocenters. The van der Waals surface area contributed by atoms with Crippen LogP contribution in [0.25, 0.3) is 0 Å². The predicted octanol–water partition coefficient (Wildman–Crippen LogP) is 2.05. The summed E-state index contributed by atoms with van der Waals surface area (Å²) in [5.41, 5.74) is 0.487. The third-order valence-electron chi connectivity index (χ3n) is 3.65. The number of methoxy groups -OCH3 is 1. The Hall–Kier alpha value is -2.07. The number of aromatic nitrogens is 1. The van der Waals surface area contributed by atoms with Crippen molar-refractivity contribution in [3.63, 3.8) is 0 Å². The number of pyridine rings is 1. The number of rotatable bonds is 12. The summed E-state index contributed by atoms with van der Waals surface area (Å²) in [5.74, 6) is 0.524. The fraction of sp³-hybridized carbons (Fsp3) is 0.667. The van der Waals surface area contributed by atoms with E-state index in [1.807, 2.05) is 14.0 Å². The Morgan fingerprint density at radius 1 is 1.29 bits per heavy atom. The summed E-state index contributed by atoms with van der Waals surface area (Å²) in [7, 11) is 3.71. The third kappa shape index (κ3) is 10.9. The number of guanidine groups is 1. The molecule has 0 unspecified atom stereocenters. The number of hydrogen-bond acceptors (Lipinski definition) is 5. The number of halogens is 3. The quantitative estimate of drug-likeness (QED) is 0.315. The van der Waals surface area contributed by atoms with Crippen molar-refractivity contribution in [3.05, 3.63) is 23.9 Å². The molecule has 0 spiro atoms. The van der Waals surface area contributed by atoms with Gasteiger partial charge in [0.1, 0.15) is 0 Å². The lowest BCUT2D eigenvalue weighted by Gasteiger charge is -2.18. The second kappa shape index (κ2) is 13.2. The van der Waals surface area contributed by atoms with E-state index in [2.05, 4.69) is 25.5 Å². The molecule has 160 valence electrons. The Balaban J connectivity index is 2.57. The first kappa shape index (κ1) is 24.0. The van der Waals surface area contributed by atoms with Gasteiger partial charge in [-0.05, 0) is 26.5 Å². The van der Waals surface area contributed by atoms with E-state index in [-0.39, 0.29) is 12.4 Å². The zero-order chi connectivity index (χ0) is 20.8. The molecule has 0 aromatic carbocycles. The number of likely N-dealkylation sites (N-methyl/N-ethyl adjacent to an activating group) is 1. The first-order chi connectivity index (χ1) is 13.4. The molecule has 28 heavy (non-hydrogen) atoms. The molecule has 2 N–H and O–H groups in total. The molecule has 0 aliphatic carbocycles. The summed E-state index contributed by atoms with van der Waals surface area (Å²) in [6, 6.07) is 3.29. The van der Waals surface area contributed by atoms with Gasteiger partial charge in [0.15, 0.2) is 12.6 Å². The normalized spacial score (nSPS) is 12.3. The zero-order valence-corrected chi connectivity index (χ0v) is 16.7. The molecule has 0 aliphatic heterocycles. The van der Waals surface area contributed by atoms with E-state index >= 15 is 0 Å². The lowest BCUT2D eigenvalue weighted by atomic mass is 10.3. The maximum absolute atomic E-state index is 12.4. The van der Waals surface area contributed by atoms with Gasteiger partial charge in [-0.1, -0.05) is 6.07 Å². The summed E-state index contributed by atoms with van der Waals surface area (Å²) in [6.45, 7) is 4.54. The second-order valence-corrected chi connectivity index (χ2v) is 6.14. The van der Waals surface area contributed by atoms with Gasteiger partial charge in [0.2, 0.25) is 5.88 Å². The van der Waals surface area contributed by atoms with Crippen molar-refractivity contribution in [1.29, 1.82) is 0 Å². The fourth-order valence-corrected chi connectivity index (χ4v) is 2.29. The minimum absolute atomic E-state index is 0.0581. The lowest BCUT2D eigenvalue weighted by Crippen LogP contribution is -2.41. The second-order valence-electron chi connectivity index (χ2n) is 6.14. The van der Waals surface area contributed by atoms with Crippen LogP contribution in [0.2, 0.25) is 0 Å². The van der Waals surface area contributed by atoms with E-state index in [0.717, 1.165) is 26.1 Å². The van der Waals surface area contributed by atoms with Crippen LogP contribution in [0.3, 0.4) is 0 Å². The number of nitrogens with one attached hydrogen (secondary N) is 2. The van der Waals surface area contributed by atoms with Gasteiger partial charge in [-0.25, -0.2) is 9.98 Å². The van der Waals surface area contributed by atoms with E-state index in [4.69, 9.17) is 9.47 Å². The third-order valence-corrected chi connectivity index (χ3v) is 3.65. The molecule has 7 nitrogen and oxygen atoms in total. The van der Waals surface area contributed by atoms with Crippen LogP contribution in [-0.2, 0) is 11.3 Å². The molecule has 0 bridgehead atoms. The Morgan fingerprint density at radius 3 is 2.75 bits per heavy atom. The predicted molar refractivity (Wildman–Crippen MR) is 103 cm³/mol. The van der Waals surface area contributed by atoms with Crippen LogP contribution in [0.5, 0.6) is 5.88 Å². The van der Waals surface area contributed by atoms with Crippen molar-refractivity contribution in [2.75, 3.05) is 53.6 Å². The average molecular weight is 405 g/mol. The van der Waals surface area contributed by atoms with Gasteiger partial charge in [0, 0.05) is 51.7 Å². The van der Waals surface area contributed by atoms with E-state index in [9.17, 15) is 13.2 Å². The van der Waals surface area contributed by atoms with E-state index in [1.54, 1.807) is 19.2 Å². The maximum Gasteiger partial charge on any atom is 0.422 e. The Kier molecular flexibility index (Phi) is 11.3. The molecule has 0 aliphatic rings. The minimum Gasteiger partial charge on any atom is -0.468 e. The first-order valence-corrected chi connectivity index (χ1v) is 9.18. The van der Waals surface area contributed by atoms with Crippen LogP contribution in [0.15, 0.2) is 23.3 Å². The SMILES string of the molecule is CCNC(=NCc1cccnc1OCC(F)(F)F)NCCN(C)CCCOC. The molecule has 0 fully saturated rings. The molecule has 0 amide bonds. The van der Waals surface area contributed by atoms with Gasteiger partial charge in [0.25, 0.3) is 0 Å². The van der Waals surface area contributed by atoms with Gasteiger partial charge in [0.05, 0.1) is 6.54 Å². The number of nitrogens with zero attached hydrogens (tertiary/aromatic N) is 3. The molecule has 0 radical (unpaired) electrons. The molecule has 10 heteroatoms. The number of ether oxygens (including phenoxy) is 2. The molecule has 1 rings (SSSR count). The minimum atomic E-state index is -4.41. The van der Waals surface area contributed by atoms with Crippen molar-refractivity contribution >= 4 is 5.96 Å². The average Bonchev–Trinajstić information content (AvgIpc) is 2.64. The summed E-state index contributed by atoms with van der Waals surface area (Å²) in [4.78, 5) is 10.5. The van der Waals surface area contributed by atoms with Gasteiger partial charge in [-0.15, -0.1) is 0 Å². The van der Waals surface area contributed by atoms with Crippen LogP contribution in [0.1, 0.15) is 18.9 Å². The van der Waals surface area contributed by atoms with Crippen LogP contribution < -0.4 is 15.4 Å². The van der Waals surface area contributed by atoms with E-state index in [1.165, 1.54) is 6.20 Å². The molecule has 1 aromatic rings. The van der Waals surface area contributed by atoms with Crippen molar-refractivity contribution in [2.24, 2.45) is 4.99 Å². The molecule has 0 saturated heterocycles. The number of hydrogen-bond donors (Lipinski definition) is 2. The highest BCUT2D eigenvalue weighted by Gasteiger charge is 2.29. The monoisotopic (exact) mass is 405 g/mol. The summed E-state index contributed by atoms with van der Waals surface area (Å²) < 4.78 is 47.0. The van der Waals surface area contributed by atoms with Crippen molar-refractivity contribution < 1.29 is 22.6 Å². The van der Waals surface area contributed by atoms with Crippen LogP contribution in [-0.4, -0.2) is 75.6 Å². The Morgan fingerprint density at radius 2 is 2.07 bits per heavy atom. The summed E-state index contributed by atoms with van der Waals surface area (Å²) in [5, 5.41) is 6.33. The number of aliphatic imine (C=N–C) groups is 1. The summed E-state index contributed by atoms with van der Waals surface area (Å²) in [6.07, 6.45) is -2.06. The Bertz CT molecular complexity index is 585. The maximum atomic E-state index is 12.4. The lowest BCUT2D eigenvalue weighted by molar-refractivity contribution is -0.154. The van der Waals surface area contributed by atoms with Gasteiger partial charge in [-0.3, -0.25) is 0 Å². The van der Waals surface area contributed by atoms with E-state index in [0.29, 0.717) is 24.6 Å². The summed E-state index contributed by atoms with van der Waals surface area (Å²) >= 11 is 0. The van der Waals surface area contributed by atoms with Crippen molar-refractivity contribution in [1.82, 2.24) is 20.5 Å². The van der Waals surface area contributed by atoms with Crippen molar-refractivity contribution in [2.45, 2.75) is 26.1 Å². The highest BCUT2D eigenvalue weighted by Crippen LogP contribution is 2.20. The number of alkyl halides is 3. The Labute approximate surface area is 164 Å². The van der Waals surface area contributed by atoms with E-state index < -0.39 is 12.8 Å². The largest absolute Gasteiger partial charge is 0.468 e. The molecular formula is C18H30F3N5O2. The first-order valence-electron chi connectivity index (χ1n) is 9.18. The molecule has 0 saturated carbocycles. The molecular weight excluding hydrogens is 375 g/mol. The van der Waals surface area contributed by atoms with Gasteiger partial charge in [-0.2, -0.15) is 13.2 Å². The smallest absolute Gasteiger partial charge is 0.422 e. The molecule has 1 aromatic heterocycles. The topological polar surface area (TPSA) is 71.0 Å². The van der Waals surface area contributed by atoms with Crippen molar-refractivity contribution in [3.8, 4) is 5.88 Å². The standard InChI is InChI=1S/C18H30F3N5O2/c1-4-22-17(24-9-11-26(2)10-6-12-27-3)25-13-15-7-5-8-23-16(15)28-14-18(19,20)21/h5,7-8H,4,6,9-14H2,1-3H3,(H2,22,24,25). The highest BCUT2D eigenvalue weighted by molar-refractivity contribution is 5.79. The molecule has 1 heterocycles. The van der Waals surface area contributed by atoms with Crippen LogP contribution >= 0.6 is 0 Å². The van der Waals surface area contributed by atoms with Crippen LogP contribution in [0, 0.1) is 0 Å². The van der Waals surface area contributed by atoms with Gasteiger partial charge < -0.3 is 25.0 Å².